The molecule has 0 unspecified atom stereocenters. The van der Waals surface area contributed by atoms with Crippen LogP contribution in [-0.4, -0.2) is 36.0 Å². The van der Waals surface area contributed by atoms with Crippen LogP contribution < -0.4 is 20.1 Å². The number of carbonyl (C=O) groups excluding carboxylic acids is 1. The van der Waals surface area contributed by atoms with E-state index in [-0.39, 0.29) is 16.0 Å². The lowest BCUT2D eigenvalue weighted by atomic mass is 10.1. The summed E-state index contributed by atoms with van der Waals surface area (Å²) >= 11 is 5.29. The van der Waals surface area contributed by atoms with Crippen LogP contribution in [0.15, 0.2) is 89.8 Å². The number of thiocarbonyl (C=S) groups is 1. The van der Waals surface area contributed by atoms with Crippen molar-refractivity contribution in [3.63, 3.8) is 0 Å². The van der Waals surface area contributed by atoms with Gasteiger partial charge in [0.2, 0.25) is 5.95 Å². The third kappa shape index (κ3) is 7.82. The van der Waals surface area contributed by atoms with Crippen molar-refractivity contribution in [3.05, 3.63) is 107 Å². The number of hydrogen-bond donors (Lipinski definition) is 3. The predicted octanol–water partition coefficient (Wildman–Crippen LogP) is 4.64. The van der Waals surface area contributed by atoms with Crippen LogP contribution in [-0.2, 0) is 16.4 Å². The fourth-order valence-electron chi connectivity index (χ4n) is 3.70. The maximum Gasteiger partial charge on any atom is 0.264 e. The molecule has 3 aromatic carbocycles. The summed E-state index contributed by atoms with van der Waals surface area (Å²) in [5.41, 5.74) is 3.27. The molecule has 0 saturated carbocycles. The standard InChI is InChI=1S/C28H27N5O4S2/c1-19-18-20(2)30-27(29-19)33-39(35,36)23-14-12-22(13-15-23)31-28(38)32-26(34)24-10-6-7-11-25(24)37-17-16-21-8-4-3-5-9-21/h3-15,18H,16-17H2,1-2H3,(H,29,30,33)(H2,31,32,34,38). The smallest absolute Gasteiger partial charge is 0.264 e. The Morgan fingerprint density at radius 3 is 2.23 bits per heavy atom. The Balaban J connectivity index is 1.34. The normalized spacial score (nSPS) is 10.9. The number of nitrogens with zero attached hydrogens (tertiary/aromatic N) is 2. The second-order valence-corrected chi connectivity index (χ2v) is 10.7. The first kappa shape index (κ1) is 27.7. The minimum Gasteiger partial charge on any atom is -0.492 e. The molecule has 0 radical (unpaired) electrons. The molecule has 0 saturated heterocycles. The van der Waals surface area contributed by atoms with Crippen molar-refractivity contribution in [3.8, 4) is 5.75 Å². The number of carbonyl (C=O) groups is 1. The molecule has 11 heteroatoms. The van der Waals surface area contributed by atoms with Crippen molar-refractivity contribution >= 4 is 44.9 Å². The second kappa shape index (κ2) is 12.5. The minimum absolute atomic E-state index is 0.00270. The maximum atomic E-state index is 12.9. The van der Waals surface area contributed by atoms with Crippen LogP contribution in [0.4, 0.5) is 11.6 Å². The molecule has 0 aliphatic rings. The highest BCUT2D eigenvalue weighted by molar-refractivity contribution is 7.92. The second-order valence-electron chi connectivity index (χ2n) is 8.59. The number of amides is 1. The zero-order valence-corrected chi connectivity index (χ0v) is 23.0. The van der Waals surface area contributed by atoms with E-state index in [9.17, 15) is 13.2 Å². The Bertz CT molecular complexity index is 1560. The molecular weight excluding hydrogens is 534 g/mol. The van der Waals surface area contributed by atoms with Crippen molar-refractivity contribution in [1.82, 2.24) is 15.3 Å². The molecule has 200 valence electrons. The number of benzene rings is 3. The van der Waals surface area contributed by atoms with Crippen LogP contribution >= 0.6 is 12.2 Å². The first-order valence-corrected chi connectivity index (χ1v) is 13.9. The van der Waals surface area contributed by atoms with Crippen LogP contribution in [0.25, 0.3) is 0 Å². The number of aryl methyl sites for hydroxylation is 2. The lowest BCUT2D eigenvalue weighted by Gasteiger charge is -2.13. The highest BCUT2D eigenvalue weighted by atomic mass is 32.2. The van der Waals surface area contributed by atoms with Gasteiger partial charge in [0.25, 0.3) is 15.9 Å². The van der Waals surface area contributed by atoms with Crippen molar-refractivity contribution in [2.75, 3.05) is 16.6 Å². The minimum atomic E-state index is -3.90. The van der Waals surface area contributed by atoms with Crippen molar-refractivity contribution in [2.45, 2.75) is 25.2 Å². The van der Waals surface area contributed by atoms with Gasteiger partial charge >= 0.3 is 0 Å². The number of nitrogens with one attached hydrogen (secondary N) is 3. The van der Waals surface area contributed by atoms with Crippen molar-refractivity contribution < 1.29 is 17.9 Å². The SMILES string of the molecule is Cc1cc(C)nc(NS(=O)(=O)c2ccc(NC(=S)NC(=O)c3ccccc3OCCc3ccccc3)cc2)n1. The van der Waals surface area contributed by atoms with Crippen LogP contribution in [0, 0.1) is 13.8 Å². The monoisotopic (exact) mass is 561 g/mol. The van der Waals surface area contributed by atoms with Crippen molar-refractivity contribution in [2.24, 2.45) is 0 Å². The van der Waals surface area contributed by atoms with E-state index in [1.54, 1.807) is 44.2 Å². The highest BCUT2D eigenvalue weighted by Crippen LogP contribution is 2.19. The van der Waals surface area contributed by atoms with Gasteiger partial charge in [0.1, 0.15) is 5.75 Å². The van der Waals surface area contributed by atoms with Gasteiger partial charge in [-0.05, 0) is 74.1 Å². The van der Waals surface area contributed by atoms with E-state index in [4.69, 9.17) is 17.0 Å². The molecule has 4 aromatic rings. The lowest BCUT2D eigenvalue weighted by Crippen LogP contribution is -2.34. The number of para-hydroxylation sites is 1. The molecule has 0 atom stereocenters. The summed E-state index contributed by atoms with van der Waals surface area (Å²) in [4.78, 5) is 21.1. The summed E-state index contributed by atoms with van der Waals surface area (Å²) in [6.45, 7) is 3.93. The van der Waals surface area contributed by atoms with Gasteiger partial charge in [-0.2, -0.15) is 0 Å². The molecule has 0 fully saturated rings. The molecule has 0 aliphatic heterocycles. The van der Waals surface area contributed by atoms with E-state index in [1.807, 2.05) is 30.3 Å². The van der Waals surface area contributed by atoms with E-state index in [0.29, 0.717) is 41.4 Å². The summed E-state index contributed by atoms with van der Waals surface area (Å²) in [5, 5.41) is 5.58. The molecule has 1 heterocycles. The van der Waals surface area contributed by atoms with Gasteiger partial charge < -0.3 is 10.1 Å². The summed E-state index contributed by atoms with van der Waals surface area (Å²) in [7, 11) is -3.90. The number of aromatic nitrogens is 2. The van der Waals surface area contributed by atoms with Crippen LogP contribution in [0.2, 0.25) is 0 Å². The number of ether oxygens (including phenoxy) is 1. The van der Waals surface area contributed by atoms with Gasteiger partial charge in [0.05, 0.1) is 17.1 Å². The van der Waals surface area contributed by atoms with E-state index < -0.39 is 15.9 Å². The largest absolute Gasteiger partial charge is 0.492 e. The van der Waals surface area contributed by atoms with Gasteiger partial charge in [-0.15, -0.1) is 0 Å². The highest BCUT2D eigenvalue weighted by Gasteiger charge is 2.17. The van der Waals surface area contributed by atoms with Gasteiger partial charge in [-0.3, -0.25) is 10.1 Å². The summed E-state index contributed by atoms with van der Waals surface area (Å²) < 4.78 is 33.7. The fraction of sp³-hybridized carbons (Fsp3) is 0.143. The molecule has 1 amide bonds. The van der Waals surface area contributed by atoms with E-state index >= 15 is 0 Å². The molecule has 4 rings (SSSR count). The Hall–Kier alpha value is -4.35. The Morgan fingerprint density at radius 2 is 1.54 bits per heavy atom. The van der Waals surface area contributed by atoms with E-state index in [1.165, 1.54) is 24.3 Å². The number of sulfonamides is 1. The van der Waals surface area contributed by atoms with E-state index in [2.05, 4.69) is 25.3 Å². The van der Waals surface area contributed by atoms with Crippen LogP contribution in [0.5, 0.6) is 5.75 Å². The zero-order chi connectivity index (χ0) is 27.8. The molecule has 0 bridgehead atoms. The maximum absolute atomic E-state index is 12.9. The molecular formula is C28H27N5O4S2. The Kier molecular flexibility index (Phi) is 8.84. The third-order valence-electron chi connectivity index (χ3n) is 5.48. The lowest BCUT2D eigenvalue weighted by molar-refractivity contribution is 0.0973. The van der Waals surface area contributed by atoms with Gasteiger partial charge in [-0.1, -0.05) is 42.5 Å². The zero-order valence-electron chi connectivity index (χ0n) is 21.3. The molecule has 9 nitrogen and oxygen atoms in total. The first-order chi connectivity index (χ1) is 18.7. The fourth-order valence-corrected chi connectivity index (χ4v) is 4.86. The number of anilines is 2. The average Bonchev–Trinajstić information content (AvgIpc) is 2.89. The summed E-state index contributed by atoms with van der Waals surface area (Å²) in [6.07, 6.45) is 0.704. The van der Waals surface area contributed by atoms with Crippen LogP contribution in [0.3, 0.4) is 0 Å². The van der Waals surface area contributed by atoms with Gasteiger partial charge in [0.15, 0.2) is 5.11 Å². The number of hydrogen-bond acceptors (Lipinski definition) is 7. The number of rotatable bonds is 9. The summed E-state index contributed by atoms with van der Waals surface area (Å²) in [6, 6.07) is 24.5. The predicted molar refractivity (Wildman–Crippen MR) is 155 cm³/mol. The molecule has 3 N–H and O–H groups in total. The Labute approximate surface area is 232 Å². The molecule has 39 heavy (non-hydrogen) atoms. The molecule has 1 aromatic heterocycles. The Morgan fingerprint density at radius 1 is 0.897 bits per heavy atom. The molecule has 0 spiro atoms. The van der Waals surface area contributed by atoms with Crippen molar-refractivity contribution in [1.29, 1.82) is 0 Å². The van der Waals surface area contributed by atoms with Gasteiger partial charge in [0, 0.05) is 23.5 Å². The summed E-state index contributed by atoms with van der Waals surface area (Å²) in [5.74, 6) is 0.0196. The average molecular weight is 562 g/mol. The third-order valence-corrected chi connectivity index (χ3v) is 7.03. The topological polar surface area (TPSA) is 122 Å². The van der Waals surface area contributed by atoms with Gasteiger partial charge in [-0.25, -0.2) is 23.1 Å². The first-order valence-electron chi connectivity index (χ1n) is 12.0. The van der Waals surface area contributed by atoms with Crippen LogP contribution in [0.1, 0.15) is 27.3 Å². The van der Waals surface area contributed by atoms with E-state index in [0.717, 1.165) is 5.56 Å². The molecule has 0 aliphatic carbocycles. The quantitative estimate of drug-likeness (QED) is 0.253.